The predicted molar refractivity (Wildman–Crippen MR) is 69.6 cm³/mol. The molecule has 2 heterocycles. The van der Waals surface area contributed by atoms with Gasteiger partial charge in [0.25, 0.3) is 0 Å². The summed E-state index contributed by atoms with van der Waals surface area (Å²) in [6.45, 7) is 8.60. The van der Waals surface area contributed by atoms with Crippen molar-refractivity contribution in [1.29, 1.82) is 0 Å². The fourth-order valence-electron chi connectivity index (χ4n) is 2.62. The number of hydrogen-bond acceptors (Lipinski definition) is 3. The van der Waals surface area contributed by atoms with Crippen molar-refractivity contribution in [1.82, 2.24) is 10.2 Å². The number of hydrogen-bond donors (Lipinski definition) is 1. The van der Waals surface area contributed by atoms with Gasteiger partial charge in [0, 0.05) is 13.1 Å². The van der Waals surface area contributed by atoms with Crippen molar-refractivity contribution in [3.05, 3.63) is 0 Å². The van der Waals surface area contributed by atoms with Crippen LogP contribution in [0.5, 0.6) is 0 Å². The number of rotatable bonds is 0. The van der Waals surface area contributed by atoms with E-state index in [-0.39, 0.29) is 18.5 Å². The first kappa shape index (κ1) is 14.6. The number of fused-ring (bicyclic) bond motifs is 1. The highest BCUT2D eigenvalue weighted by Gasteiger charge is 2.39. The third kappa shape index (κ3) is 3.49. The largest absolute Gasteiger partial charge is 0.444 e. The van der Waals surface area contributed by atoms with Gasteiger partial charge in [0.05, 0.1) is 6.04 Å². The lowest BCUT2D eigenvalue weighted by Crippen LogP contribution is -2.49. The van der Waals surface area contributed by atoms with E-state index in [1.165, 1.54) is 6.42 Å². The lowest BCUT2D eigenvalue weighted by Gasteiger charge is -2.33. The summed E-state index contributed by atoms with van der Waals surface area (Å²) < 4.78 is 5.43. The van der Waals surface area contributed by atoms with Crippen LogP contribution in [0.15, 0.2) is 0 Å². The molecule has 2 atom stereocenters. The molecule has 0 aromatic carbocycles. The Labute approximate surface area is 109 Å². The molecule has 0 aliphatic carbocycles. The van der Waals surface area contributed by atoms with Gasteiger partial charge in [0.2, 0.25) is 0 Å². The first-order valence-corrected chi connectivity index (χ1v) is 6.18. The molecule has 100 valence electrons. The lowest BCUT2D eigenvalue weighted by atomic mass is 9.93. The number of likely N-dealkylation sites (tertiary alicyclic amines) is 1. The molecule has 2 fully saturated rings. The number of carbonyl (C=O) groups is 1. The molecule has 0 saturated carbocycles. The number of halogens is 1. The Kier molecular flexibility index (Phi) is 4.67. The standard InChI is InChI=1S/C12H22N2O2.ClH/c1-12(2,3)16-11(15)14-7-5-9-4-6-13-8-10(9)14;/h9-10,13H,4-8H2,1-3H3;1H. The van der Waals surface area contributed by atoms with Crippen molar-refractivity contribution in [2.24, 2.45) is 5.92 Å². The molecule has 1 N–H and O–H groups in total. The molecule has 0 spiro atoms. The lowest BCUT2D eigenvalue weighted by molar-refractivity contribution is 0.0195. The summed E-state index contributed by atoms with van der Waals surface area (Å²) in [7, 11) is 0. The highest BCUT2D eigenvalue weighted by atomic mass is 35.5. The van der Waals surface area contributed by atoms with Crippen molar-refractivity contribution >= 4 is 18.5 Å². The summed E-state index contributed by atoms with van der Waals surface area (Å²) in [5, 5.41) is 3.35. The van der Waals surface area contributed by atoms with E-state index in [0.29, 0.717) is 12.0 Å². The molecule has 0 bridgehead atoms. The maximum Gasteiger partial charge on any atom is 0.410 e. The van der Waals surface area contributed by atoms with Crippen molar-refractivity contribution < 1.29 is 9.53 Å². The van der Waals surface area contributed by atoms with Gasteiger partial charge in [-0.3, -0.25) is 0 Å². The summed E-state index contributed by atoms with van der Waals surface area (Å²) in [5.41, 5.74) is -0.392. The molecule has 5 heteroatoms. The Morgan fingerprint density at radius 2 is 2.06 bits per heavy atom. The summed E-state index contributed by atoms with van der Waals surface area (Å²) >= 11 is 0. The normalized spacial score (nSPS) is 28.3. The van der Waals surface area contributed by atoms with E-state index >= 15 is 0 Å². The van der Waals surface area contributed by atoms with Crippen LogP contribution in [0.3, 0.4) is 0 Å². The first-order chi connectivity index (χ1) is 7.47. The summed E-state index contributed by atoms with van der Waals surface area (Å²) in [6.07, 6.45) is 2.17. The monoisotopic (exact) mass is 262 g/mol. The van der Waals surface area contributed by atoms with Gasteiger partial charge in [-0.15, -0.1) is 12.4 Å². The van der Waals surface area contributed by atoms with E-state index < -0.39 is 5.60 Å². The average molecular weight is 263 g/mol. The molecule has 2 aliphatic heterocycles. The molecule has 2 unspecified atom stereocenters. The fraction of sp³-hybridized carbons (Fsp3) is 0.917. The smallest absolute Gasteiger partial charge is 0.410 e. The van der Waals surface area contributed by atoms with Gasteiger partial charge in [0.15, 0.2) is 0 Å². The first-order valence-electron chi connectivity index (χ1n) is 6.18. The van der Waals surface area contributed by atoms with Crippen LogP contribution in [-0.4, -0.2) is 42.3 Å². The Hall–Kier alpha value is -0.480. The number of ether oxygens (including phenoxy) is 1. The number of piperidine rings is 1. The Balaban J connectivity index is 0.00000144. The molecular formula is C12H23ClN2O2. The Bertz CT molecular complexity index is 278. The molecule has 17 heavy (non-hydrogen) atoms. The maximum absolute atomic E-state index is 12.0. The van der Waals surface area contributed by atoms with E-state index in [1.54, 1.807) is 0 Å². The Morgan fingerprint density at radius 1 is 1.35 bits per heavy atom. The van der Waals surface area contributed by atoms with Crippen LogP contribution in [0.4, 0.5) is 4.79 Å². The topological polar surface area (TPSA) is 41.6 Å². The van der Waals surface area contributed by atoms with Crippen LogP contribution in [0.2, 0.25) is 0 Å². The third-order valence-electron chi connectivity index (χ3n) is 3.36. The number of nitrogens with zero attached hydrogens (tertiary/aromatic N) is 1. The number of carbonyl (C=O) groups excluding carboxylic acids is 1. The van der Waals surface area contributed by atoms with Gasteiger partial charge in [-0.2, -0.15) is 0 Å². The van der Waals surface area contributed by atoms with Gasteiger partial charge in [-0.05, 0) is 46.1 Å². The molecule has 0 aromatic heterocycles. The van der Waals surface area contributed by atoms with E-state index in [9.17, 15) is 4.79 Å². The Morgan fingerprint density at radius 3 is 2.71 bits per heavy atom. The van der Waals surface area contributed by atoms with Crippen LogP contribution in [0.1, 0.15) is 33.6 Å². The zero-order valence-electron chi connectivity index (χ0n) is 10.9. The summed E-state index contributed by atoms with van der Waals surface area (Å²) in [6, 6.07) is 0.351. The predicted octanol–water partition coefficient (Wildman–Crippen LogP) is 2.03. The van der Waals surface area contributed by atoms with Crippen molar-refractivity contribution in [2.75, 3.05) is 19.6 Å². The minimum Gasteiger partial charge on any atom is -0.444 e. The summed E-state index contributed by atoms with van der Waals surface area (Å²) in [5.74, 6) is 0.675. The molecule has 0 radical (unpaired) electrons. The van der Waals surface area contributed by atoms with E-state index in [2.05, 4.69) is 5.32 Å². The quantitative estimate of drug-likeness (QED) is 0.726. The SMILES string of the molecule is CC(C)(C)OC(=O)N1CCC2CCNCC21.Cl. The van der Waals surface area contributed by atoms with Crippen LogP contribution in [-0.2, 0) is 4.74 Å². The fourth-order valence-corrected chi connectivity index (χ4v) is 2.62. The molecular weight excluding hydrogens is 240 g/mol. The summed E-state index contributed by atoms with van der Waals surface area (Å²) in [4.78, 5) is 13.9. The van der Waals surface area contributed by atoms with E-state index in [0.717, 1.165) is 26.1 Å². The van der Waals surface area contributed by atoms with Crippen molar-refractivity contribution in [3.8, 4) is 0 Å². The van der Waals surface area contributed by atoms with Crippen LogP contribution < -0.4 is 5.32 Å². The van der Waals surface area contributed by atoms with E-state index in [4.69, 9.17) is 4.74 Å². The second-order valence-corrected chi connectivity index (χ2v) is 5.78. The van der Waals surface area contributed by atoms with Gasteiger partial charge < -0.3 is 15.0 Å². The van der Waals surface area contributed by atoms with E-state index in [1.807, 2.05) is 25.7 Å². The molecule has 2 saturated heterocycles. The molecule has 0 aromatic rings. The van der Waals surface area contributed by atoms with Gasteiger partial charge in [0.1, 0.15) is 5.60 Å². The molecule has 4 nitrogen and oxygen atoms in total. The zero-order valence-corrected chi connectivity index (χ0v) is 11.7. The van der Waals surface area contributed by atoms with Crippen molar-refractivity contribution in [2.45, 2.75) is 45.3 Å². The van der Waals surface area contributed by atoms with Crippen LogP contribution >= 0.6 is 12.4 Å². The molecule has 2 aliphatic rings. The maximum atomic E-state index is 12.0. The highest BCUT2D eigenvalue weighted by Crippen LogP contribution is 2.29. The molecule has 1 amide bonds. The minimum atomic E-state index is -0.392. The second-order valence-electron chi connectivity index (χ2n) is 5.78. The minimum absolute atomic E-state index is 0. The van der Waals surface area contributed by atoms with Crippen LogP contribution in [0, 0.1) is 5.92 Å². The van der Waals surface area contributed by atoms with Gasteiger partial charge in [-0.1, -0.05) is 0 Å². The highest BCUT2D eigenvalue weighted by molar-refractivity contribution is 5.85. The van der Waals surface area contributed by atoms with Crippen LogP contribution in [0.25, 0.3) is 0 Å². The number of amides is 1. The van der Waals surface area contributed by atoms with Gasteiger partial charge in [-0.25, -0.2) is 4.79 Å². The van der Waals surface area contributed by atoms with Crippen molar-refractivity contribution in [3.63, 3.8) is 0 Å². The zero-order chi connectivity index (χ0) is 11.8. The average Bonchev–Trinajstić information content (AvgIpc) is 2.58. The molecule has 2 rings (SSSR count). The second kappa shape index (κ2) is 5.44. The van der Waals surface area contributed by atoms with Gasteiger partial charge >= 0.3 is 6.09 Å². The third-order valence-corrected chi connectivity index (χ3v) is 3.36. The number of nitrogens with one attached hydrogen (secondary N) is 1.